The molecule has 1 aliphatic rings. The van der Waals surface area contributed by atoms with Crippen molar-refractivity contribution < 1.29 is 50.2 Å². The van der Waals surface area contributed by atoms with Crippen molar-refractivity contribution in [1.29, 1.82) is 0 Å². The number of rotatable bonds is 5. The predicted molar refractivity (Wildman–Crippen MR) is 109 cm³/mol. The molecule has 1 amide bonds. The summed E-state index contributed by atoms with van der Waals surface area (Å²) in [6.07, 6.45) is -8.82. The number of alkyl halides is 6. The molecule has 0 aromatic heterocycles. The highest BCUT2D eigenvalue weighted by Gasteiger charge is 2.44. The van der Waals surface area contributed by atoms with Crippen LogP contribution >= 0.6 is 0 Å². The average molecular weight is 507 g/mol. The lowest BCUT2D eigenvalue weighted by molar-refractivity contribution is -0.149. The Balaban J connectivity index is 1.91. The normalized spacial score (nSPS) is 20.9. The van der Waals surface area contributed by atoms with Crippen LogP contribution in [0.1, 0.15) is 41.9 Å². The first-order chi connectivity index (χ1) is 16.2. The number of hydrogen-bond acceptors (Lipinski definition) is 3. The molecule has 0 radical (unpaired) electrons. The van der Waals surface area contributed by atoms with Gasteiger partial charge in [0.15, 0.2) is 0 Å². The fraction of sp³-hybridized carbons (Fsp3) is 0.391. The van der Waals surface area contributed by atoms with Crippen LogP contribution in [0.2, 0.25) is 0 Å². The number of carboxylic acid groups (broad SMARTS) is 1. The Kier molecular flexibility index (Phi) is 7.32. The Bertz CT molecular complexity index is 1110. The Morgan fingerprint density at radius 3 is 2.11 bits per heavy atom. The van der Waals surface area contributed by atoms with Gasteiger partial charge in [-0.05, 0) is 48.7 Å². The lowest BCUT2D eigenvalue weighted by atomic mass is 9.68. The Hall–Kier alpha value is -3.31. The number of methoxy groups -OCH3 is 1. The molecule has 2 aromatic carbocycles. The van der Waals surface area contributed by atoms with E-state index in [9.17, 15) is 45.4 Å². The molecule has 2 aromatic rings. The predicted octanol–water partition coefficient (Wildman–Crippen LogP) is 6.10. The number of ether oxygens (including phenoxy) is 1. The van der Waals surface area contributed by atoms with Gasteiger partial charge in [-0.1, -0.05) is 12.5 Å². The highest BCUT2D eigenvalue weighted by molar-refractivity contribution is 5.95. The molecule has 190 valence electrons. The van der Waals surface area contributed by atoms with Crippen LogP contribution in [0.5, 0.6) is 5.75 Å². The molecular formula is C23H20F7NO4. The van der Waals surface area contributed by atoms with Crippen LogP contribution in [0.15, 0.2) is 36.4 Å². The van der Waals surface area contributed by atoms with E-state index in [2.05, 4.69) is 5.32 Å². The van der Waals surface area contributed by atoms with E-state index in [-0.39, 0.29) is 30.2 Å². The topological polar surface area (TPSA) is 75.6 Å². The zero-order valence-corrected chi connectivity index (χ0v) is 18.1. The van der Waals surface area contributed by atoms with E-state index in [0.717, 1.165) is 31.4 Å². The van der Waals surface area contributed by atoms with Crippen LogP contribution in [0.3, 0.4) is 0 Å². The summed E-state index contributed by atoms with van der Waals surface area (Å²) in [6.45, 7) is 0. The van der Waals surface area contributed by atoms with Gasteiger partial charge in [0.25, 0.3) is 0 Å². The molecule has 2 N–H and O–H groups in total. The number of hydrogen-bond donors (Lipinski definition) is 2. The van der Waals surface area contributed by atoms with Crippen molar-refractivity contribution >= 4 is 17.6 Å². The minimum Gasteiger partial charge on any atom is -0.496 e. The lowest BCUT2D eigenvalue weighted by Crippen LogP contribution is -2.40. The highest BCUT2D eigenvalue weighted by Crippen LogP contribution is 2.46. The summed E-state index contributed by atoms with van der Waals surface area (Å²) in [5, 5.41) is 12.0. The third-order valence-electron chi connectivity index (χ3n) is 6.03. The summed E-state index contributed by atoms with van der Waals surface area (Å²) < 4.78 is 96.8. The molecular weight excluding hydrogens is 487 g/mol. The second kappa shape index (κ2) is 9.74. The first kappa shape index (κ1) is 26.3. The lowest BCUT2D eigenvalue weighted by Gasteiger charge is -2.35. The first-order valence-corrected chi connectivity index (χ1v) is 10.4. The molecule has 0 bridgehead atoms. The summed E-state index contributed by atoms with van der Waals surface area (Å²) in [5.41, 5.74) is -2.64. The van der Waals surface area contributed by atoms with Crippen molar-refractivity contribution in [2.45, 2.75) is 37.5 Å². The van der Waals surface area contributed by atoms with Crippen molar-refractivity contribution in [3.63, 3.8) is 0 Å². The summed E-state index contributed by atoms with van der Waals surface area (Å²) in [7, 11) is 1.13. The van der Waals surface area contributed by atoms with Gasteiger partial charge < -0.3 is 15.2 Å². The number of nitrogens with one attached hydrogen (secondary N) is 1. The molecule has 0 heterocycles. The maximum Gasteiger partial charge on any atom is 0.416 e. The molecule has 2 unspecified atom stereocenters. The molecule has 3 rings (SSSR count). The van der Waals surface area contributed by atoms with Gasteiger partial charge in [0.2, 0.25) is 5.91 Å². The average Bonchev–Trinajstić information content (AvgIpc) is 2.77. The van der Waals surface area contributed by atoms with Crippen LogP contribution in [-0.2, 0) is 21.9 Å². The van der Waals surface area contributed by atoms with Crippen LogP contribution in [0.4, 0.5) is 36.4 Å². The van der Waals surface area contributed by atoms with Gasteiger partial charge in [0.1, 0.15) is 11.6 Å². The fourth-order valence-electron chi connectivity index (χ4n) is 4.40. The van der Waals surface area contributed by atoms with Crippen LogP contribution < -0.4 is 10.1 Å². The molecule has 1 aliphatic carbocycles. The largest absolute Gasteiger partial charge is 0.496 e. The monoisotopic (exact) mass is 507 g/mol. The Morgan fingerprint density at radius 2 is 1.57 bits per heavy atom. The first-order valence-electron chi connectivity index (χ1n) is 10.4. The number of aliphatic carboxylic acids is 1. The number of carbonyl (C=O) groups is 2. The van der Waals surface area contributed by atoms with E-state index in [1.54, 1.807) is 0 Å². The van der Waals surface area contributed by atoms with E-state index >= 15 is 0 Å². The van der Waals surface area contributed by atoms with Crippen molar-refractivity contribution in [3.05, 3.63) is 58.9 Å². The summed E-state index contributed by atoms with van der Waals surface area (Å²) >= 11 is 0. The minimum absolute atomic E-state index is 0.0739. The second-order valence-corrected chi connectivity index (χ2v) is 8.14. The van der Waals surface area contributed by atoms with Crippen molar-refractivity contribution in [2.75, 3.05) is 12.4 Å². The number of benzene rings is 2. The highest BCUT2D eigenvalue weighted by atomic mass is 19.4. The number of halogens is 7. The number of anilines is 1. The zero-order chi connectivity index (χ0) is 26.1. The third-order valence-corrected chi connectivity index (χ3v) is 6.03. The number of carbonyl (C=O) groups excluding carboxylic acids is 1. The zero-order valence-electron chi connectivity index (χ0n) is 18.1. The van der Waals surface area contributed by atoms with E-state index in [1.807, 2.05) is 0 Å². The summed E-state index contributed by atoms with van der Waals surface area (Å²) in [5.74, 6) is -7.38. The fourth-order valence-corrected chi connectivity index (χ4v) is 4.40. The SMILES string of the molecule is COc1cc(C(F)(F)F)ccc1[C@H]1CCCC(C(=O)Nc2ccc(C(F)(F)F)cc2F)C1C(=O)O. The molecule has 1 fully saturated rings. The summed E-state index contributed by atoms with van der Waals surface area (Å²) in [6, 6.07) is 4.15. The third kappa shape index (κ3) is 5.68. The van der Waals surface area contributed by atoms with E-state index in [0.29, 0.717) is 12.5 Å². The van der Waals surface area contributed by atoms with Crippen molar-refractivity contribution in [3.8, 4) is 5.75 Å². The van der Waals surface area contributed by atoms with Crippen LogP contribution in [0.25, 0.3) is 0 Å². The maximum absolute atomic E-state index is 14.2. The van der Waals surface area contributed by atoms with Gasteiger partial charge >= 0.3 is 18.3 Å². The van der Waals surface area contributed by atoms with Gasteiger partial charge in [-0.15, -0.1) is 0 Å². The summed E-state index contributed by atoms with van der Waals surface area (Å²) in [4.78, 5) is 25.0. The van der Waals surface area contributed by atoms with Crippen molar-refractivity contribution in [1.82, 2.24) is 0 Å². The van der Waals surface area contributed by atoms with Crippen LogP contribution in [0, 0.1) is 17.7 Å². The smallest absolute Gasteiger partial charge is 0.416 e. The van der Waals surface area contributed by atoms with Gasteiger partial charge in [-0.25, -0.2) is 4.39 Å². The Morgan fingerprint density at radius 1 is 0.971 bits per heavy atom. The van der Waals surface area contributed by atoms with E-state index < -0.39 is 64.6 Å². The Labute approximate surface area is 194 Å². The number of amides is 1. The standard InChI is InChI=1S/C23H20F7NO4/c1-35-18-10-12(23(28,29)30)5-7-13(18)14-3-2-4-15(19(14)21(33)34)20(32)31-17-8-6-11(9-16(17)24)22(25,26)27/h5-10,14-15,19H,2-4H2,1H3,(H,31,32)(H,33,34)/t14-,15?,19?/m1/s1. The molecule has 0 saturated heterocycles. The molecule has 3 atom stereocenters. The van der Waals surface area contributed by atoms with Gasteiger partial charge in [-0.3, -0.25) is 9.59 Å². The van der Waals surface area contributed by atoms with Crippen molar-refractivity contribution in [2.24, 2.45) is 11.8 Å². The molecule has 0 spiro atoms. The molecule has 1 saturated carbocycles. The molecule has 0 aliphatic heterocycles. The second-order valence-electron chi connectivity index (χ2n) is 8.14. The maximum atomic E-state index is 14.2. The molecule has 12 heteroatoms. The van der Waals surface area contributed by atoms with E-state index in [1.165, 1.54) is 0 Å². The van der Waals surface area contributed by atoms with Gasteiger partial charge in [0, 0.05) is 5.92 Å². The van der Waals surface area contributed by atoms with E-state index in [4.69, 9.17) is 4.74 Å². The quantitative estimate of drug-likeness (QED) is 0.480. The molecule has 5 nitrogen and oxygen atoms in total. The van der Waals surface area contributed by atoms with Gasteiger partial charge in [-0.2, -0.15) is 26.3 Å². The minimum atomic E-state index is -4.80. The number of carboxylic acids is 1. The van der Waals surface area contributed by atoms with Gasteiger partial charge in [0.05, 0.1) is 35.8 Å². The molecule has 35 heavy (non-hydrogen) atoms. The van der Waals surface area contributed by atoms with Crippen LogP contribution in [-0.4, -0.2) is 24.1 Å².